The van der Waals surface area contributed by atoms with Gasteiger partial charge in [0.15, 0.2) is 5.11 Å². The number of anilines is 1. The van der Waals surface area contributed by atoms with Crippen molar-refractivity contribution in [2.45, 2.75) is 0 Å². The van der Waals surface area contributed by atoms with E-state index in [1.165, 1.54) is 18.2 Å². The van der Waals surface area contributed by atoms with Crippen molar-refractivity contribution in [3.8, 4) is 0 Å². The molecule has 0 unspecified atom stereocenters. The van der Waals surface area contributed by atoms with E-state index in [1.807, 2.05) is 0 Å². The van der Waals surface area contributed by atoms with Crippen LogP contribution < -0.4 is 10.6 Å². The number of carbonyl (C=O) groups is 1. The molecule has 22 heavy (non-hydrogen) atoms. The topological polar surface area (TPSA) is 41.1 Å². The minimum atomic E-state index is -0.395. The third-order valence-corrected chi connectivity index (χ3v) is 3.19. The van der Waals surface area contributed by atoms with Gasteiger partial charge in [0.1, 0.15) is 5.82 Å². The van der Waals surface area contributed by atoms with Crippen molar-refractivity contribution in [1.29, 1.82) is 0 Å². The summed E-state index contributed by atoms with van der Waals surface area (Å²) in [7, 11) is 0. The lowest BCUT2D eigenvalue weighted by atomic mass is 10.2. The van der Waals surface area contributed by atoms with E-state index in [2.05, 4.69) is 10.6 Å². The Kier molecular flexibility index (Phi) is 5.63. The van der Waals surface area contributed by atoms with E-state index in [9.17, 15) is 9.18 Å². The van der Waals surface area contributed by atoms with E-state index in [0.29, 0.717) is 16.3 Å². The smallest absolute Gasteiger partial charge is 0.250 e. The van der Waals surface area contributed by atoms with Crippen LogP contribution in [0.2, 0.25) is 5.02 Å². The molecular weight excluding hydrogens is 323 g/mol. The molecule has 0 bridgehead atoms. The van der Waals surface area contributed by atoms with Gasteiger partial charge in [-0.05, 0) is 48.1 Å². The van der Waals surface area contributed by atoms with Crippen LogP contribution in [0.25, 0.3) is 6.08 Å². The van der Waals surface area contributed by atoms with E-state index in [4.69, 9.17) is 23.8 Å². The molecule has 0 saturated heterocycles. The highest BCUT2D eigenvalue weighted by Crippen LogP contribution is 2.20. The number of nitrogens with one attached hydrogen (secondary N) is 2. The number of hydrogen-bond acceptors (Lipinski definition) is 2. The first-order valence-corrected chi connectivity index (χ1v) is 7.13. The SMILES string of the molecule is O=C(C=Cc1ccc(F)cc1)NC(=S)Nc1ccccc1Cl. The highest BCUT2D eigenvalue weighted by Gasteiger charge is 2.04. The first kappa shape index (κ1) is 16.1. The average Bonchev–Trinajstić information content (AvgIpc) is 2.49. The number of amides is 1. The summed E-state index contributed by atoms with van der Waals surface area (Å²) in [6, 6.07) is 12.8. The van der Waals surface area contributed by atoms with Crippen LogP contribution in [0, 0.1) is 5.82 Å². The van der Waals surface area contributed by atoms with Crippen molar-refractivity contribution in [1.82, 2.24) is 5.32 Å². The molecule has 0 spiro atoms. The van der Waals surface area contributed by atoms with Crippen molar-refractivity contribution in [2.75, 3.05) is 5.32 Å². The molecule has 0 saturated carbocycles. The van der Waals surface area contributed by atoms with E-state index < -0.39 is 5.91 Å². The molecule has 2 aromatic carbocycles. The lowest BCUT2D eigenvalue weighted by Crippen LogP contribution is -2.32. The summed E-state index contributed by atoms with van der Waals surface area (Å²) in [6.07, 6.45) is 2.88. The number of rotatable bonds is 3. The van der Waals surface area contributed by atoms with Gasteiger partial charge in [0.05, 0.1) is 10.7 Å². The highest BCUT2D eigenvalue weighted by atomic mass is 35.5. The van der Waals surface area contributed by atoms with E-state index in [-0.39, 0.29) is 10.9 Å². The Morgan fingerprint density at radius 2 is 1.82 bits per heavy atom. The van der Waals surface area contributed by atoms with Crippen LogP contribution >= 0.6 is 23.8 Å². The van der Waals surface area contributed by atoms with Gasteiger partial charge < -0.3 is 5.32 Å². The Morgan fingerprint density at radius 1 is 1.14 bits per heavy atom. The Morgan fingerprint density at radius 3 is 2.50 bits per heavy atom. The lowest BCUT2D eigenvalue weighted by molar-refractivity contribution is -0.115. The minimum Gasteiger partial charge on any atom is -0.331 e. The third-order valence-electron chi connectivity index (χ3n) is 2.66. The van der Waals surface area contributed by atoms with Crippen LogP contribution in [-0.2, 0) is 4.79 Å². The quantitative estimate of drug-likeness (QED) is 0.658. The summed E-state index contributed by atoms with van der Waals surface area (Å²) in [5.74, 6) is -0.722. The fourth-order valence-electron chi connectivity index (χ4n) is 1.62. The Hall–Kier alpha value is -2.24. The number of hydrogen-bond donors (Lipinski definition) is 2. The fourth-order valence-corrected chi connectivity index (χ4v) is 2.01. The molecule has 0 fully saturated rings. The van der Waals surface area contributed by atoms with E-state index >= 15 is 0 Å². The van der Waals surface area contributed by atoms with Crippen molar-refractivity contribution in [2.24, 2.45) is 0 Å². The molecule has 0 atom stereocenters. The third kappa shape index (κ3) is 4.95. The standard InChI is InChI=1S/C16H12ClFN2OS/c17-13-3-1-2-4-14(13)19-16(22)20-15(21)10-7-11-5-8-12(18)9-6-11/h1-10H,(H2,19,20,21,22). The second-order valence-electron chi connectivity index (χ2n) is 4.31. The molecule has 6 heteroatoms. The molecule has 3 nitrogen and oxygen atoms in total. The Labute approximate surface area is 137 Å². The summed E-state index contributed by atoms with van der Waals surface area (Å²) in [6.45, 7) is 0. The molecule has 0 heterocycles. The maximum atomic E-state index is 12.8. The first-order valence-electron chi connectivity index (χ1n) is 6.35. The molecule has 1 amide bonds. The van der Waals surface area contributed by atoms with Gasteiger partial charge in [-0.25, -0.2) is 4.39 Å². The molecule has 2 rings (SSSR count). The van der Waals surface area contributed by atoms with Crippen molar-refractivity contribution in [3.05, 3.63) is 71.0 Å². The molecule has 0 aliphatic heterocycles. The predicted octanol–water partition coefficient (Wildman–Crippen LogP) is 4.01. The first-order chi connectivity index (χ1) is 10.5. The molecule has 0 radical (unpaired) electrons. The zero-order valence-corrected chi connectivity index (χ0v) is 12.9. The number of halogens is 2. The number of para-hydroxylation sites is 1. The minimum absolute atomic E-state index is 0.141. The van der Waals surface area contributed by atoms with Gasteiger partial charge in [-0.1, -0.05) is 35.9 Å². The van der Waals surface area contributed by atoms with Gasteiger partial charge in [-0.3, -0.25) is 10.1 Å². The van der Waals surface area contributed by atoms with Gasteiger partial charge in [-0.2, -0.15) is 0 Å². The summed E-state index contributed by atoms with van der Waals surface area (Å²) in [5.41, 5.74) is 1.32. The van der Waals surface area contributed by atoms with Crippen LogP contribution in [0.3, 0.4) is 0 Å². The van der Waals surface area contributed by atoms with Crippen LogP contribution in [0.15, 0.2) is 54.6 Å². The maximum Gasteiger partial charge on any atom is 0.250 e. The lowest BCUT2D eigenvalue weighted by Gasteiger charge is -2.09. The predicted molar refractivity (Wildman–Crippen MR) is 91.2 cm³/mol. The average molecular weight is 335 g/mol. The molecular formula is C16H12ClFN2OS. The van der Waals surface area contributed by atoms with Crippen LogP contribution in [-0.4, -0.2) is 11.0 Å². The van der Waals surface area contributed by atoms with Crippen LogP contribution in [0.5, 0.6) is 0 Å². The number of carbonyl (C=O) groups excluding carboxylic acids is 1. The summed E-state index contributed by atoms with van der Waals surface area (Å²) in [5, 5.41) is 5.97. The van der Waals surface area contributed by atoms with E-state index in [0.717, 1.165) is 0 Å². The van der Waals surface area contributed by atoms with Gasteiger partial charge in [-0.15, -0.1) is 0 Å². The normalized spacial score (nSPS) is 10.5. The van der Waals surface area contributed by atoms with Crippen molar-refractivity contribution in [3.63, 3.8) is 0 Å². The number of thiocarbonyl (C=S) groups is 1. The molecule has 0 aliphatic carbocycles. The van der Waals surface area contributed by atoms with Crippen LogP contribution in [0.1, 0.15) is 5.56 Å². The summed E-state index contributed by atoms with van der Waals surface area (Å²) >= 11 is 11.0. The molecule has 112 valence electrons. The molecule has 2 aromatic rings. The zero-order valence-electron chi connectivity index (χ0n) is 11.3. The Balaban J connectivity index is 1.90. The second-order valence-corrected chi connectivity index (χ2v) is 5.12. The number of benzene rings is 2. The van der Waals surface area contributed by atoms with Gasteiger partial charge in [0, 0.05) is 6.08 Å². The summed E-state index contributed by atoms with van der Waals surface area (Å²) in [4.78, 5) is 11.7. The van der Waals surface area contributed by atoms with Gasteiger partial charge >= 0.3 is 0 Å². The van der Waals surface area contributed by atoms with Gasteiger partial charge in [0.2, 0.25) is 5.91 Å². The van der Waals surface area contributed by atoms with E-state index in [1.54, 1.807) is 42.5 Å². The zero-order chi connectivity index (χ0) is 15.9. The van der Waals surface area contributed by atoms with Gasteiger partial charge in [0.25, 0.3) is 0 Å². The monoisotopic (exact) mass is 334 g/mol. The summed E-state index contributed by atoms with van der Waals surface area (Å²) < 4.78 is 12.8. The fraction of sp³-hybridized carbons (Fsp3) is 0. The highest BCUT2D eigenvalue weighted by molar-refractivity contribution is 7.80. The maximum absolute atomic E-state index is 12.8. The van der Waals surface area contributed by atoms with Crippen molar-refractivity contribution < 1.29 is 9.18 Å². The largest absolute Gasteiger partial charge is 0.331 e. The second kappa shape index (κ2) is 7.68. The molecule has 0 aromatic heterocycles. The Bertz CT molecular complexity index is 716. The van der Waals surface area contributed by atoms with Crippen LogP contribution in [0.4, 0.5) is 10.1 Å². The molecule has 2 N–H and O–H groups in total. The van der Waals surface area contributed by atoms with Crippen molar-refractivity contribution >= 4 is 46.6 Å². The molecule has 0 aliphatic rings.